The number of nitrogens with zero attached hydrogens (tertiary/aromatic N) is 2. The van der Waals surface area contributed by atoms with Crippen LogP contribution in [0.1, 0.15) is 27.9 Å². The molecule has 11 heteroatoms. The maximum absolute atomic E-state index is 13.3. The van der Waals surface area contributed by atoms with Gasteiger partial charge in [-0.25, -0.2) is 4.79 Å². The van der Waals surface area contributed by atoms with Gasteiger partial charge < -0.3 is 15.4 Å². The van der Waals surface area contributed by atoms with Crippen molar-refractivity contribution in [2.75, 3.05) is 30.9 Å². The van der Waals surface area contributed by atoms with Crippen LogP contribution in [-0.4, -0.2) is 35.7 Å². The molecule has 0 radical (unpaired) electrons. The molecule has 0 aliphatic heterocycles. The first-order chi connectivity index (χ1) is 16.1. The summed E-state index contributed by atoms with van der Waals surface area (Å²) in [5, 5.41) is 0. The quantitative estimate of drug-likeness (QED) is 0.486. The third-order valence-corrected chi connectivity index (χ3v) is 5.08. The molecule has 0 atom stereocenters. The Balaban J connectivity index is 2.10. The van der Waals surface area contributed by atoms with Crippen molar-refractivity contribution in [3.8, 4) is 0 Å². The summed E-state index contributed by atoms with van der Waals surface area (Å²) in [6, 6.07) is 12.7. The Morgan fingerprint density at radius 2 is 1.82 bits per heavy atom. The summed E-state index contributed by atoms with van der Waals surface area (Å²) in [7, 11) is 1.44. The summed E-state index contributed by atoms with van der Waals surface area (Å²) >= 11 is 0. The lowest BCUT2D eigenvalue weighted by atomic mass is 10.1. The Bertz CT molecular complexity index is 1270. The molecule has 180 valence electrons. The topological polar surface area (TPSA) is 110 Å². The molecule has 0 spiro atoms. The third kappa shape index (κ3) is 5.54. The first kappa shape index (κ1) is 24.8. The first-order valence-electron chi connectivity index (χ1n) is 10.3. The molecule has 1 aromatic heterocycles. The fraction of sp³-hybridized carbons (Fsp3) is 0.261. The number of benzene rings is 2. The van der Waals surface area contributed by atoms with Crippen LogP contribution in [0.3, 0.4) is 0 Å². The molecule has 3 N–H and O–H groups in total. The number of carbonyl (C=O) groups is 1. The monoisotopic (exact) mass is 476 g/mol. The van der Waals surface area contributed by atoms with Crippen LogP contribution in [0, 0.1) is 0 Å². The van der Waals surface area contributed by atoms with Gasteiger partial charge in [0.2, 0.25) is 0 Å². The highest BCUT2D eigenvalue weighted by atomic mass is 19.4. The fourth-order valence-electron chi connectivity index (χ4n) is 3.43. The van der Waals surface area contributed by atoms with Crippen LogP contribution < -0.4 is 21.9 Å². The zero-order chi connectivity index (χ0) is 24.9. The van der Waals surface area contributed by atoms with E-state index in [9.17, 15) is 27.6 Å². The maximum Gasteiger partial charge on any atom is 0.416 e. The summed E-state index contributed by atoms with van der Waals surface area (Å²) in [4.78, 5) is 41.6. The lowest BCUT2D eigenvalue weighted by Gasteiger charge is -2.25. The van der Waals surface area contributed by atoms with Crippen molar-refractivity contribution < 1.29 is 22.7 Å². The van der Waals surface area contributed by atoms with E-state index in [1.54, 1.807) is 30.3 Å². The van der Waals surface area contributed by atoms with Crippen LogP contribution in [0.15, 0.2) is 64.2 Å². The van der Waals surface area contributed by atoms with Crippen molar-refractivity contribution in [3.63, 3.8) is 0 Å². The van der Waals surface area contributed by atoms with Gasteiger partial charge in [-0.15, -0.1) is 0 Å². The fourth-order valence-corrected chi connectivity index (χ4v) is 3.43. The highest BCUT2D eigenvalue weighted by molar-refractivity contribution is 6.07. The maximum atomic E-state index is 13.3. The van der Waals surface area contributed by atoms with Gasteiger partial charge in [0.05, 0.1) is 12.1 Å². The van der Waals surface area contributed by atoms with Gasteiger partial charge in [0.25, 0.3) is 11.5 Å². The molecule has 0 saturated carbocycles. The third-order valence-electron chi connectivity index (χ3n) is 5.08. The van der Waals surface area contributed by atoms with Gasteiger partial charge in [0, 0.05) is 25.8 Å². The number of aromatic nitrogens is 2. The number of aromatic amines is 1. The van der Waals surface area contributed by atoms with Crippen LogP contribution in [0.5, 0.6) is 0 Å². The molecule has 8 nitrogen and oxygen atoms in total. The Kier molecular flexibility index (Phi) is 7.57. The van der Waals surface area contributed by atoms with Crippen molar-refractivity contribution in [1.82, 2.24) is 9.55 Å². The van der Waals surface area contributed by atoms with Crippen LogP contribution in [0.25, 0.3) is 0 Å². The van der Waals surface area contributed by atoms with Crippen LogP contribution in [0.4, 0.5) is 24.7 Å². The van der Waals surface area contributed by atoms with Gasteiger partial charge in [-0.1, -0.05) is 36.4 Å². The van der Waals surface area contributed by atoms with Crippen molar-refractivity contribution in [2.24, 2.45) is 0 Å². The Morgan fingerprint density at radius 3 is 2.47 bits per heavy atom. The average molecular weight is 476 g/mol. The second kappa shape index (κ2) is 10.4. The summed E-state index contributed by atoms with van der Waals surface area (Å²) in [6.07, 6.45) is -4.39. The van der Waals surface area contributed by atoms with E-state index in [4.69, 9.17) is 10.5 Å². The lowest BCUT2D eigenvalue weighted by Crippen LogP contribution is -2.42. The van der Waals surface area contributed by atoms with Gasteiger partial charge >= 0.3 is 11.9 Å². The van der Waals surface area contributed by atoms with Gasteiger partial charge in [-0.2, -0.15) is 13.2 Å². The first-order valence-corrected chi connectivity index (χ1v) is 10.3. The number of nitrogen functional groups attached to an aromatic ring is 1. The van der Waals surface area contributed by atoms with Crippen molar-refractivity contribution in [1.29, 1.82) is 0 Å². The average Bonchev–Trinajstić information content (AvgIpc) is 2.80. The molecule has 0 unspecified atom stereocenters. The van der Waals surface area contributed by atoms with E-state index in [-0.39, 0.29) is 43.2 Å². The van der Waals surface area contributed by atoms with Crippen molar-refractivity contribution in [3.05, 3.63) is 92.1 Å². The highest BCUT2D eigenvalue weighted by Gasteiger charge is 2.32. The number of H-pyrrole nitrogens is 1. The number of methoxy groups -OCH3 is 1. The molecule has 3 aromatic rings. The number of anilines is 2. The molecular weight excluding hydrogens is 453 g/mol. The highest BCUT2D eigenvalue weighted by Crippen LogP contribution is 2.30. The number of hydrogen-bond donors (Lipinski definition) is 2. The number of amides is 1. The number of alkyl halides is 3. The number of carbonyl (C=O) groups excluding carboxylic acids is 1. The van der Waals surface area contributed by atoms with Gasteiger partial charge in [0.15, 0.2) is 5.69 Å². The number of hydrogen-bond acceptors (Lipinski definition) is 5. The molecule has 0 aliphatic rings. The summed E-state index contributed by atoms with van der Waals surface area (Å²) in [5.74, 6) is -1.15. The van der Waals surface area contributed by atoms with Crippen LogP contribution >= 0.6 is 0 Å². The molecule has 1 amide bonds. The van der Waals surface area contributed by atoms with E-state index in [1.165, 1.54) is 13.2 Å². The second-order valence-electron chi connectivity index (χ2n) is 7.45. The van der Waals surface area contributed by atoms with Gasteiger partial charge in [-0.3, -0.25) is 19.1 Å². The van der Waals surface area contributed by atoms with E-state index in [0.717, 1.165) is 21.6 Å². The molecule has 0 bridgehead atoms. The van der Waals surface area contributed by atoms with E-state index in [1.807, 2.05) is 0 Å². The van der Waals surface area contributed by atoms with Crippen LogP contribution in [0.2, 0.25) is 0 Å². The number of nitrogens with two attached hydrogens (primary N) is 1. The number of rotatable bonds is 8. The lowest BCUT2D eigenvalue weighted by molar-refractivity contribution is -0.137. The van der Waals surface area contributed by atoms with Gasteiger partial charge in [-0.05, 0) is 30.2 Å². The number of ether oxygens (including phenoxy) is 1. The number of nitrogens with one attached hydrogen (secondary N) is 1. The second-order valence-corrected chi connectivity index (χ2v) is 7.45. The smallest absolute Gasteiger partial charge is 0.385 e. The normalized spacial score (nSPS) is 11.4. The standard InChI is InChI=1S/C23H23F3N4O4/c1-34-12-6-11-29(21(32)16-9-5-10-17(13-16)23(24,25)26)18-19(27)30(22(33)28-20(18)31)14-15-7-3-2-4-8-15/h2-5,7-10,13H,6,11-12,14,27H2,1H3,(H,28,31,33). The van der Waals surface area contributed by atoms with Gasteiger partial charge in [0.1, 0.15) is 5.82 Å². The van der Waals surface area contributed by atoms with E-state index in [0.29, 0.717) is 11.6 Å². The molecule has 2 aromatic carbocycles. The molecule has 0 aliphatic carbocycles. The minimum Gasteiger partial charge on any atom is -0.385 e. The molecular formula is C23H23F3N4O4. The molecule has 0 saturated heterocycles. The van der Waals surface area contributed by atoms with Crippen molar-refractivity contribution in [2.45, 2.75) is 19.1 Å². The predicted molar refractivity (Wildman–Crippen MR) is 121 cm³/mol. The van der Waals surface area contributed by atoms with E-state index < -0.39 is 28.9 Å². The Labute approximate surface area is 192 Å². The zero-order valence-corrected chi connectivity index (χ0v) is 18.3. The molecule has 0 fully saturated rings. The van der Waals surface area contributed by atoms with E-state index >= 15 is 0 Å². The summed E-state index contributed by atoms with van der Waals surface area (Å²) < 4.78 is 45.6. The zero-order valence-electron chi connectivity index (χ0n) is 18.3. The van der Waals surface area contributed by atoms with Crippen molar-refractivity contribution >= 4 is 17.4 Å². The van der Waals surface area contributed by atoms with E-state index in [2.05, 4.69) is 4.98 Å². The number of halogens is 3. The van der Waals surface area contributed by atoms with Crippen LogP contribution in [-0.2, 0) is 17.5 Å². The summed E-state index contributed by atoms with van der Waals surface area (Å²) in [6.45, 7) is 0.145. The SMILES string of the molecule is COCCCN(C(=O)c1cccc(C(F)(F)F)c1)c1c(N)n(Cc2ccccc2)c(=O)[nH]c1=O. The summed E-state index contributed by atoms with van der Waals surface area (Å²) in [5.41, 5.74) is 3.58. The molecule has 3 rings (SSSR count). The minimum absolute atomic E-state index is 0.0128. The molecule has 1 heterocycles. The largest absolute Gasteiger partial charge is 0.416 e. The predicted octanol–water partition coefficient (Wildman–Crippen LogP) is 2.87. The Hall–Kier alpha value is -3.86. The Morgan fingerprint density at radius 1 is 1.12 bits per heavy atom. The molecule has 34 heavy (non-hydrogen) atoms. The minimum atomic E-state index is -4.66.